The maximum Gasteiger partial charge on any atom is 0.349 e. The SMILES string of the molecule is COc1ccc2c3c1CCC(C(C)C)=C3OC(=O)CO2. The summed E-state index contributed by atoms with van der Waals surface area (Å²) in [7, 11) is 1.66. The Morgan fingerprint density at radius 1 is 1.25 bits per heavy atom. The molecule has 0 atom stereocenters. The van der Waals surface area contributed by atoms with Crippen LogP contribution in [0.5, 0.6) is 11.5 Å². The predicted octanol–water partition coefficient (Wildman–Crippen LogP) is 2.94. The Kier molecular flexibility index (Phi) is 3.16. The highest BCUT2D eigenvalue weighted by Crippen LogP contribution is 2.45. The molecule has 1 aliphatic carbocycles. The van der Waals surface area contributed by atoms with Crippen LogP contribution in [0.3, 0.4) is 0 Å². The summed E-state index contributed by atoms with van der Waals surface area (Å²) < 4.78 is 16.6. The van der Waals surface area contributed by atoms with Crippen LogP contribution in [0.2, 0.25) is 0 Å². The molecule has 0 saturated heterocycles. The molecular weight excluding hydrogens is 256 g/mol. The van der Waals surface area contributed by atoms with Crippen molar-refractivity contribution in [3.63, 3.8) is 0 Å². The van der Waals surface area contributed by atoms with Crippen molar-refractivity contribution in [2.75, 3.05) is 13.7 Å². The summed E-state index contributed by atoms with van der Waals surface area (Å²) in [5, 5.41) is 0. The minimum Gasteiger partial charge on any atom is -0.496 e. The minimum absolute atomic E-state index is 0.0480. The minimum atomic E-state index is -0.346. The first kappa shape index (κ1) is 13.0. The Balaban J connectivity index is 2.27. The lowest BCUT2D eigenvalue weighted by atomic mass is 9.84. The number of rotatable bonds is 2. The molecule has 1 aliphatic heterocycles. The van der Waals surface area contributed by atoms with Crippen LogP contribution >= 0.6 is 0 Å². The molecule has 0 radical (unpaired) electrons. The number of hydrogen-bond acceptors (Lipinski definition) is 4. The third-order valence-corrected chi connectivity index (χ3v) is 3.87. The molecule has 4 nitrogen and oxygen atoms in total. The molecule has 0 bridgehead atoms. The van der Waals surface area contributed by atoms with Crippen LogP contribution in [-0.4, -0.2) is 19.7 Å². The van der Waals surface area contributed by atoms with E-state index in [2.05, 4.69) is 13.8 Å². The van der Waals surface area contributed by atoms with E-state index in [0.717, 1.165) is 29.7 Å². The van der Waals surface area contributed by atoms with Crippen LogP contribution < -0.4 is 9.47 Å². The smallest absolute Gasteiger partial charge is 0.349 e. The molecule has 3 rings (SSSR count). The molecule has 0 unspecified atom stereocenters. The summed E-state index contributed by atoms with van der Waals surface area (Å²) in [4.78, 5) is 11.8. The average Bonchev–Trinajstić information content (AvgIpc) is 2.60. The summed E-state index contributed by atoms with van der Waals surface area (Å²) in [5.74, 6) is 2.20. The van der Waals surface area contributed by atoms with Gasteiger partial charge in [-0.15, -0.1) is 0 Å². The van der Waals surface area contributed by atoms with E-state index in [4.69, 9.17) is 14.2 Å². The fourth-order valence-electron chi connectivity index (χ4n) is 2.90. The van der Waals surface area contributed by atoms with Crippen molar-refractivity contribution in [2.45, 2.75) is 26.7 Å². The second kappa shape index (κ2) is 4.85. The number of carbonyl (C=O) groups is 1. The Morgan fingerprint density at radius 2 is 2.05 bits per heavy atom. The molecule has 0 amide bonds. The van der Waals surface area contributed by atoms with Gasteiger partial charge in [-0.05, 0) is 36.5 Å². The molecule has 1 heterocycles. The summed E-state index contributed by atoms with van der Waals surface area (Å²) in [6.07, 6.45) is 1.76. The molecule has 20 heavy (non-hydrogen) atoms. The van der Waals surface area contributed by atoms with E-state index in [1.165, 1.54) is 5.57 Å². The van der Waals surface area contributed by atoms with E-state index < -0.39 is 0 Å². The molecule has 0 aromatic heterocycles. The van der Waals surface area contributed by atoms with Crippen LogP contribution in [0.15, 0.2) is 17.7 Å². The van der Waals surface area contributed by atoms with Crippen LogP contribution in [0.4, 0.5) is 0 Å². The van der Waals surface area contributed by atoms with E-state index >= 15 is 0 Å². The van der Waals surface area contributed by atoms with E-state index in [9.17, 15) is 4.79 Å². The lowest BCUT2D eigenvalue weighted by Crippen LogP contribution is -2.14. The predicted molar refractivity (Wildman–Crippen MR) is 74.7 cm³/mol. The topological polar surface area (TPSA) is 44.8 Å². The van der Waals surface area contributed by atoms with Crippen LogP contribution in [0.25, 0.3) is 5.76 Å². The molecule has 4 heteroatoms. The van der Waals surface area contributed by atoms with Crippen molar-refractivity contribution in [2.24, 2.45) is 5.92 Å². The summed E-state index contributed by atoms with van der Waals surface area (Å²) in [6.45, 7) is 4.19. The Hall–Kier alpha value is -1.97. The highest BCUT2D eigenvalue weighted by Gasteiger charge is 2.31. The first-order chi connectivity index (χ1) is 9.61. The summed E-state index contributed by atoms with van der Waals surface area (Å²) in [6, 6.07) is 3.74. The standard InChI is InChI=1S/C16H18O4/c1-9(2)10-4-5-11-12(18-3)6-7-13-15(11)16(10)20-14(17)8-19-13/h6-7,9H,4-5,8H2,1-3H3. The number of esters is 1. The van der Waals surface area contributed by atoms with E-state index in [1.807, 2.05) is 12.1 Å². The van der Waals surface area contributed by atoms with Gasteiger partial charge in [-0.2, -0.15) is 0 Å². The van der Waals surface area contributed by atoms with Crippen molar-refractivity contribution in [1.29, 1.82) is 0 Å². The number of methoxy groups -OCH3 is 1. The van der Waals surface area contributed by atoms with Crippen molar-refractivity contribution in [1.82, 2.24) is 0 Å². The molecule has 106 valence electrons. The normalized spacial score (nSPS) is 17.3. The van der Waals surface area contributed by atoms with Gasteiger partial charge in [0.2, 0.25) is 0 Å². The quantitative estimate of drug-likeness (QED) is 0.778. The average molecular weight is 274 g/mol. The third-order valence-electron chi connectivity index (χ3n) is 3.87. The lowest BCUT2D eigenvalue weighted by Gasteiger charge is -2.25. The van der Waals surface area contributed by atoms with E-state index in [1.54, 1.807) is 7.11 Å². The van der Waals surface area contributed by atoms with Crippen LogP contribution in [-0.2, 0) is 16.0 Å². The van der Waals surface area contributed by atoms with Crippen molar-refractivity contribution in [3.05, 3.63) is 28.8 Å². The fraction of sp³-hybridized carbons (Fsp3) is 0.438. The van der Waals surface area contributed by atoms with E-state index in [-0.39, 0.29) is 12.6 Å². The van der Waals surface area contributed by atoms with Gasteiger partial charge in [-0.3, -0.25) is 0 Å². The molecule has 1 aromatic carbocycles. The van der Waals surface area contributed by atoms with Gasteiger partial charge < -0.3 is 14.2 Å². The monoisotopic (exact) mass is 274 g/mol. The maximum absolute atomic E-state index is 11.8. The molecule has 1 aromatic rings. The lowest BCUT2D eigenvalue weighted by molar-refractivity contribution is -0.138. The van der Waals surface area contributed by atoms with Gasteiger partial charge in [0.25, 0.3) is 0 Å². The van der Waals surface area contributed by atoms with Gasteiger partial charge in [0.1, 0.15) is 17.3 Å². The zero-order valence-electron chi connectivity index (χ0n) is 12.0. The highest BCUT2D eigenvalue weighted by molar-refractivity contribution is 5.86. The van der Waals surface area contributed by atoms with Gasteiger partial charge in [0.15, 0.2) is 6.61 Å². The summed E-state index contributed by atoms with van der Waals surface area (Å²) in [5.41, 5.74) is 3.13. The van der Waals surface area contributed by atoms with Crippen molar-refractivity contribution in [3.8, 4) is 11.5 Å². The maximum atomic E-state index is 11.8. The highest BCUT2D eigenvalue weighted by atomic mass is 16.6. The Labute approximate surface area is 118 Å². The van der Waals surface area contributed by atoms with Gasteiger partial charge in [-0.1, -0.05) is 13.8 Å². The molecular formula is C16H18O4. The Morgan fingerprint density at radius 3 is 2.75 bits per heavy atom. The number of benzene rings is 1. The third kappa shape index (κ3) is 1.96. The molecule has 2 aliphatic rings. The molecule has 0 spiro atoms. The van der Waals surface area contributed by atoms with Gasteiger partial charge in [0.05, 0.1) is 12.7 Å². The van der Waals surface area contributed by atoms with Crippen LogP contribution in [0.1, 0.15) is 31.4 Å². The zero-order chi connectivity index (χ0) is 14.3. The fourth-order valence-corrected chi connectivity index (χ4v) is 2.90. The molecule has 0 fully saturated rings. The van der Waals surface area contributed by atoms with Gasteiger partial charge in [-0.25, -0.2) is 4.79 Å². The van der Waals surface area contributed by atoms with Gasteiger partial charge in [0, 0.05) is 5.56 Å². The van der Waals surface area contributed by atoms with Crippen LogP contribution in [0, 0.1) is 5.92 Å². The Bertz CT molecular complexity index is 599. The molecule has 0 saturated carbocycles. The van der Waals surface area contributed by atoms with Crippen molar-refractivity contribution >= 4 is 11.7 Å². The number of allylic oxidation sites excluding steroid dienone is 1. The second-order valence-corrected chi connectivity index (χ2v) is 5.39. The largest absolute Gasteiger partial charge is 0.496 e. The number of carbonyl (C=O) groups excluding carboxylic acids is 1. The van der Waals surface area contributed by atoms with E-state index in [0.29, 0.717) is 17.4 Å². The zero-order valence-corrected chi connectivity index (χ0v) is 12.0. The van der Waals surface area contributed by atoms with Crippen molar-refractivity contribution < 1.29 is 19.0 Å². The first-order valence-electron chi connectivity index (χ1n) is 6.88. The summed E-state index contributed by atoms with van der Waals surface area (Å²) >= 11 is 0. The van der Waals surface area contributed by atoms with Gasteiger partial charge >= 0.3 is 5.97 Å². The first-order valence-corrected chi connectivity index (χ1v) is 6.88. The second-order valence-electron chi connectivity index (χ2n) is 5.39. The molecule has 0 N–H and O–H groups in total. The number of hydrogen-bond donors (Lipinski definition) is 0. The number of ether oxygens (including phenoxy) is 3.